The van der Waals surface area contributed by atoms with E-state index in [1.54, 1.807) is 30.6 Å². The fraction of sp³-hybridized carbons (Fsp3) is 0.409. The smallest absolute Gasteiger partial charge is 0.387 e. The predicted octanol–water partition coefficient (Wildman–Crippen LogP) is 4.11. The molecule has 0 saturated heterocycles. The van der Waals surface area contributed by atoms with Crippen LogP contribution in [0.25, 0.3) is 0 Å². The highest BCUT2D eigenvalue weighted by atomic mass is 19.3. The van der Waals surface area contributed by atoms with Gasteiger partial charge in [-0.15, -0.1) is 0 Å². The SMILES string of the molecule is COc1cc2c(cc1OC(F)F)C(c1cccnc1)=NC1CCC(OC(C)=O)CC21. The van der Waals surface area contributed by atoms with Crippen LogP contribution >= 0.6 is 0 Å². The second-order valence-electron chi connectivity index (χ2n) is 7.41. The summed E-state index contributed by atoms with van der Waals surface area (Å²) in [5.41, 5.74) is 3.10. The molecule has 0 N–H and O–H groups in total. The molecule has 0 spiro atoms. The first-order valence-electron chi connectivity index (χ1n) is 9.78. The maximum Gasteiger partial charge on any atom is 0.387 e. The zero-order valence-electron chi connectivity index (χ0n) is 16.7. The number of halogens is 2. The van der Waals surface area contributed by atoms with Crippen LogP contribution < -0.4 is 9.47 Å². The molecule has 2 aliphatic rings. The first-order valence-corrected chi connectivity index (χ1v) is 9.78. The summed E-state index contributed by atoms with van der Waals surface area (Å²) in [6, 6.07) is 6.98. The molecular formula is C22H22F2N2O4. The molecule has 2 aromatic rings. The van der Waals surface area contributed by atoms with Crippen molar-refractivity contribution in [2.75, 3.05) is 7.11 Å². The van der Waals surface area contributed by atoms with Crippen LogP contribution in [0.1, 0.15) is 48.8 Å². The molecule has 4 rings (SSSR count). The third-order valence-electron chi connectivity index (χ3n) is 5.53. The number of carbonyl (C=O) groups excluding carboxylic acids is 1. The van der Waals surface area contributed by atoms with Gasteiger partial charge in [-0.05, 0) is 49.1 Å². The maximum absolute atomic E-state index is 13.0. The summed E-state index contributed by atoms with van der Waals surface area (Å²) in [4.78, 5) is 20.6. The maximum atomic E-state index is 13.0. The van der Waals surface area contributed by atoms with Crippen LogP contribution in [0, 0.1) is 0 Å². The van der Waals surface area contributed by atoms with Gasteiger partial charge in [0.2, 0.25) is 0 Å². The first kappa shape index (κ1) is 20.3. The van der Waals surface area contributed by atoms with Crippen molar-refractivity contribution < 1.29 is 27.8 Å². The third kappa shape index (κ3) is 3.99. The fourth-order valence-corrected chi connectivity index (χ4v) is 4.35. The van der Waals surface area contributed by atoms with Gasteiger partial charge in [0, 0.05) is 36.4 Å². The van der Waals surface area contributed by atoms with Gasteiger partial charge in [-0.25, -0.2) is 0 Å². The zero-order valence-corrected chi connectivity index (χ0v) is 16.7. The highest BCUT2D eigenvalue weighted by molar-refractivity contribution is 6.14. The molecule has 1 aromatic heterocycles. The molecule has 6 nitrogen and oxygen atoms in total. The molecule has 1 aliphatic heterocycles. The van der Waals surface area contributed by atoms with Crippen molar-refractivity contribution in [3.63, 3.8) is 0 Å². The second kappa shape index (κ2) is 8.38. The minimum Gasteiger partial charge on any atom is -0.493 e. The van der Waals surface area contributed by atoms with Gasteiger partial charge in [0.25, 0.3) is 0 Å². The largest absolute Gasteiger partial charge is 0.493 e. The monoisotopic (exact) mass is 416 g/mol. The average molecular weight is 416 g/mol. The van der Waals surface area contributed by atoms with Crippen LogP contribution in [0.5, 0.6) is 11.5 Å². The van der Waals surface area contributed by atoms with Crippen molar-refractivity contribution in [1.82, 2.24) is 4.98 Å². The number of fused-ring (bicyclic) bond motifs is 3. The lowest BCUT2D eigenvalue weighted by Crippen LogP contribution is -2.36. The lowest BCUT2D eigenvalue weighted by atomic mass is 9.74. The standard InChI is InChI=1S/C22H22F2N2O4/c1-12(27)29-14-5-6-18-16(8-14)15-9-19(28-2)20(30-22(23)24)10-17(15)21(26-18)13-4-3-7-25-11-13/h3-4,7,9-11,14,16,18,22H,5-6,8H2,1-2H3. The number of benzene rings is 1. The summed E-state index contributed by atoms with van der Waals surface area (Å²) < 4.78 is 41.4. The Hall–Kier alpha value is -3.03. The molecule has 3 atom stereocenters. The number of hydrogen-bond acceptors (Lipinski definition) is 6. The number of alkyl halides is 2. The van der Waals surface area contributed by atoms with E-state index in [2.05, 4.69) is 4.98 Å². The van der Waals surface area contributed by atoms with Gasteiger partial charge >= 0.3 is 12.6 Å². The third-order valence-corrected chi connectivity index (χ3v) is 5.53. The highest BCUT2D eigenvalue weighted by Crippen LogP contribution is 2.45. The topological polar surface area (TPSA) is 70.0 Å². The van der Waals surface area contributed by atoms with Crippen LogP contribution in [0.3, 0.4) is 0 Å². The van der Waals surface area contributed by atoms with Crippen molar-refractivity contribution in [3.05, 3.63) is 53.3 Å². The summed E-state index contributed by atoms with van der Waals surface area (Å²) in [6.45, 7) is -1.58. The van der Waals surface area contributed by atoms with Crippen molar-refractivity contribution in [3.8, 4) is 11.5 Å². The molecule has 0 radical (unpaired) electrons. The number of ether oxygens (including phenoxy) is 3. The zero-order chi connectivity index (χ0) is 21.3. The summed E-state index contributed by atoms with van der Waals surface area (Å²) in [5, 5.41) is 0. The lowest BCUT2D eigenvalue weighted by Gasteiger charge is -2.38. The predicted molar refractivity (Wildman–Crippen MR) is 105 cm³/mol. The molecule has 1 aromatic carbocycles. The molecule has 2 heterocycles. The van der Waals surface area contributed by atoms with Crippen LogP contribution in [-0.4, -0.2) is 42.5 Å². The van der Waals surface area contributed by atoms with Crippen LogP contribution in [0.4, 0.5) is 8.78 Å². The minimum absolute atomic E-state index is 0.00825. The van der Waals surface area contributed by atoms with Gasteiger partial charge in [-0.1, -0.05) is 0 Å². The van der Waals surface area contributed by atoms with E-state index in [1.807, 2.05) is 6.07 Å². The van der Waals surface area contributed by atoms with E-state index in [4.69, 9.17) is 19.2 Å². The molecule has 30 heavy (non-hydrogen) atoms. The Labute approximate surface area is 172 Å². The molecule has 0 bridgehead atoms. The molecule has 1 fully saturated rings. The van der Waals surface area contributed by atoms with Crippen LogP contribution in [0.15, 0.2) is 41.7 Å². The van der Waals surface area contributed by atoms with E-state index in [1.165, 1.54) is 14.0 Å². The van der Waals surface area contributed by atoms with E-state index in [-0.39, 0.29) is 35.5 Å². The summed E-state index contributed by atoms with van der Waals surface area (Å²) in [5.74, 6) is -0.149. The van der Waals surface area contributed by atoms with E-state index in [9.17, 15) is 13.6 Å². The van der Waals surface area contributed by atoms with Gasteiger partial charge in [-0.2, -0.15) is 8.78 Å². The number of rotatable bonds is 5. The molecular weight excluding hydrogens is 394 g/mol. The van der Waals surface area contributed by atoms with Gasteiger partial charge in [0.1, 0.15) is 6.10 Å². The number of methoxy groups -OCH3 is 1. The van der Waals surface area contributed by atoms with Crippen molar-refractivity contribution in [2.45, 2.75) is 50.9 Å². The van der Waals surface area contributed by atoms with E-state index < -0.39 is 6.61 Å². The number of pyridine rings is 1. The Morgan fingerprint density at radius 1 is 1.23 bits per heavy atom. The second-order valence-corrected chi connectivity index (χ2v) is 7.41. The molecule has 3 unspecified atom stereocenters. The van der Waals surface area contributed by atoms with Crippen LogP contribution in [0.2, 0.25) is 0 Å². The molecule has 158 valence electrons. The molecule has 0 amide bonds. The Bertz CT molecular complexity index is 965. The van der Waals surface area contributed by atoms with Gasteiger partial charge in [0.15, 0.2) is 11.5 Å². The van der Waals surface area contributed by atoms with Crippen LogP contribution in [-0.2, 0) is 9.53 Å². The van der Waals surface area contributed by atoms with Crippen molar-refractivity contribution in [1.29, 1.82) is 0 Å². The number of nitrogens with zero attached hydrogens (tertiary/aromatic N) is 2. The Balaban J connectivity index is 1.82. The number of aliphatic imine (C=N–C) groups is 1. The van der Waals surface area contributed by atoms with Gasteiger partial charge in [0.05, 0.1) is 18.9 Å². The summed E-state index contributed by atoms with van der Waals surface area (Å²) >= 11 is 0. The highest BCUT2D eigenvalue weighted by Gasteiger charge is 2.39. The number of esters is 1. The Kier molecular flexibility index (Phi) is 5.65. The van der Waals surface area contributed by atoms with E-state index in [0.29, 0.717) is 17.7 Å². The van der Waals surface area contributed by atoms with Gasteiger partial charge < -0.3 is 14.2 Å². The molecule has 1 saturated carbocycles. The normalized spacial score (nSPS) is 22.6. The average Bonchev–Trinajstić information content (AvgIpc) is 2.72. The molecule has 8 heteroatoms. The summed E-state index contributed by atoms with van der Waals surface area (Å²) in [7, 11) is 1.42. The number of hydrogen-bond donors (Lipinski definition) is 0. The number of aromatic nitrogens is 1. The molecule has 1 aliphatic carbocycles. The Morgan fingerprint density at radius 2 is 2.07 bits per heavy atom. The van der Waals surface area contributed by atoms with Gasteiger partial charge in [-0.3, -0.25) is 14.8 Å². The Morgan fingerprint density at radius 3 is 2.73 bits per heavy atom. The summed E-state index contributed by atoms with van der Waals surface area (Å²) in [6.07, 6.45) is 5.26. The minimum atomic E-state index is -2.98. The number of carbonyl (C=O) groups is 1. The fourth-order valence-electron chi connectivity index (χ4n) is 4.35. The quantitative estimate of drug-likeness (QED) is 0.686. The van der Waals surface area contributed by atoms with Crippen molar-refractivity contribution >= 4 is 11.7 Å². The van der Waals surface area contributed by atoms with E-state index in [0.717, 1.165) is 24.0 Å². The van der Waals surface area contributed by atoms with E-state index >= 15 is 0 Å². The first-order chi connectivity index (χ1) is 14.5. The lowest BCUT2D eigenvalue weighted by molar-refractivity contribution is -0.148. The van der Waals surface area contributed by atoms with Crippen molar-refractivity contribution in [2.24, 2.45) is 4.99 Å².